The molecule has 4 nitrogen and oxygen atoms in total. The van der Waals surface area contributed by atoms with Crippen LogP contribution in [0, 0.1) is 11.8 Å². The molecule has 2 aliphatic rings. The van der Waals surface area contributed by atoms with E-state index in [0.717, 1.165) is 44.6 Å². The van der Waals surface area contributed by atoms with E-state index in [1.165, 1.54) is 19.3 Å². The van der Waals surface area contributed by atoms with Gasteiger partial charge in [0, 0.05) is 26.2 Å². The van der Waals surface area contributed by atoms with Crippen LogP contribution in [-0.4, -0.2) is 43.7 Å². The van der Waals surface area contributed by atoms with E-state index in [1.807, 2.05) is 4.90 Å². The van der Waals surface area contributed by atoms with E-state index in [9.17, 15) is 4.79 Å². The third-order valence-corrected chi connectivity index (χ3v) is 3.74. The Morgan fingerprint density at radius 1 is 1.50 bits per heavy atom. The lowest BCUT2D eigenvalue weighted by Crippen LogP contribution is -2.35. The first-order valence-electron chi connectivity index (χ1n) is 6.49. The molecule has 0 aromatic rings. The van der Waals surface area contributed by atoms with Crippen molar-refractivity contribution in [3.63, 3.8) is 0 Å². The number of urea groups is 1. The van der Waals surface area contributed by atoms with Gasteiger partial charge in [0.05, 0.1) is 0 Å². The molecule has 2 unspecified atom stereocenters. The summed E-state index contributed by atoms with van der Waals surface area (Å²) in [5.41, 5.74) is 0. The standard InChI is InChI=1S/C12H23N3O/c1-10-2-3-11(8-10)9-13-4-6-15-7-5-14-12(15)16/h10-11,13H,2-9H2,1H3,(H,14,16). The molecule has 92 valence electrons. The largest absolute Gasteiger partial charge is 0.336 e. The second-order valence-electron chi connectivity index (χ2n) is 5.21. The Balaban J connectivity index is 1.53. The molecule has 0 bridgehead atoms. The highest BCUT2D eigenvalue weighted by Gasteiger charge is 2.21. The number of hydrogen-bond acceptors (Lipinski definition) is 2. The molecular formula is C12H23N3O. The summed E-state index contributed by atoms with van der Waals surface area (Å²) in [6.07, 6.45) is 4.14. The van der Waals surface area contributed by atoms with Gasteiger partial charge >= 0.3 is 6.03 Å². The van der Waals surface area contributed by atoms with Gasteiger partial charge in [-0.05, 0) is 31.2 Å². The molecule has 0 aromatic heterocycles. The minimum absolute atomic E-state index is 0.0938. The summed E-state index contributed by atoms with van der Waals surface area (Å²) in [5, 5.41) is 6.29. The summed E-state index contributed by atoms with van der Waals surface area (Å²) < 4.78 is 0. The second-order valence-corrected chi connectivity index (χ2v) is 5.21. The topological polar surface area (TPSA) is 44.4 Å². The van der Waals surface area contributed by atoms with E-state index < -0.39 is 0 Å². The minimum atomic E-state index is 0.0938. The molecule has 4 heteroatoms. The van der Waals surface area contributed by atoms with Crippen LogP contribution in [0.3, 0.4) is 0 Å². The Labute approximate surface area is 97.8 Å². The highest BCUT2D eigenvalue weighted by atomic mass is 16.2. The summed E-state index contributed by atoms with van der Waals surface area (Å²) in [7, 11) is 0. The SMILES string of the molecule is CC1CCC(CNCCN2CCNC2=O)C1. The van der Waals surface area contributed by atoms with Crippen LogP contribution in [0.25, 0.3) is 0 Å². The molecule has 0 aromatic carbocycles. The smallest absolute Gasteiger partial charge is 0.317 e. The fourth-order valence-corrected chi connectivity index (χ4v) is 2.76. The quantitative estimate of drug-likeness (QED) is 0.687. The van der Waals surface area contributed by atoms with Crippen LogP contribution in [0.15, 0.2) is 0 Å². The van der Waals surface area contributed by atoms with Crippen molar-refractivity contribution in [1.82, 2.24) is 15.5 Å². The van der Waals surface area contributed by atoms with E-state index in [-0.39, 0.29) is 6.03 Å². The van der Waals surface area contributed by atoms with Gasteiger partial charge in [-0.3, -0.25) is 0 Å². The summed E-state index contributed by atoms with van der Waals surface area (Å²) in [4.78, 5) is 13.1. The highest BCUT2D eigenvalue weighted by molar-refractivity contribution is 5.76. The van der Waals surface area contributed by atoms with Gasteiger partial charge in [0.2, 0.25) is 0 Å². The summed E-state index contributed by atoms with van der Waals surface area (Å²) in [6.45, 7) is 6.90. The van der Waals surface area contributed by atoms with Crippen molar-refractivity contribution in [3.8, 4) is 0 Å². The van der Waals surface area contributed by atoms with Crippen LogP contribution in [-0.2, 0) is 0 Å². The first-order valence-corrected chi connectivity index (χ1v) is 6.49. The Morgan fingerprint density at radius 3 is 3.00 bits per heavy atom. The Hall–Kier alpha value is -0.770. The fourth-order valence-electron chi connectivity index (χ4n) is 2.76. The molecule has 2 rings (SSSR count). The lowest BCUT2D eigenvalue weighted by molar-refractivity contribution is 0.217. The van der Waals surface area contributed by atoms with E-state index in [4.69, 9.17) is 0 Å². The lowest BCUT2D eigenvalue weighted by atomic mass is 10.1. The molecule has 16 heavy (non-hydrogen) atoms. The van der Waals surface area contributed by atoms with Crippen molar-refractivity contribution in [2.75, 3.05) is 32.7 Å². The second kappa shape index (κ2) is 5.53. The molecule has 1 saturated carbocycles. The van der Waals surface area contributed by atoms with Gasteiger partial charge in [-0.1, -0.05) is 13.3 Å². The van der Waals surface area contributed by atoms with Gasteiger partial charge in [0.1, 0.15) is 0 Å². The molecular weight excluding hydrogens is 202 g/mol. The highest BCUT2D eigenvalue weighted by Crippen LogP contribution is 2.29. The first kappa shape index (κ1) is 11.7. The summed E-state index contributed by atoms with van der Waals surface area (Å²) in [6, 6.07) is 0.0938. The van der Waals surface area contributed by atoms with E-state index in [2.05, 4.69) is 17.6 Å². The Kier molecular flexibility index (Phi) is 4.04. The predicted octanol–water partition coefficient (Wildman–Crippen LogP) is 1.04. The van der Waals surface area contributed by atoms with Gasteiger partial charge in [-0.25, -0.2) is 4.79 Å². The first-order chi connectivity index (χ1) is 7.75. The van der Waals surface area contributed by atoms with Crippen molar-refractivity contribution in [2.24, 2.45) is 11.8 Å². The van der Waals surface area contributed by atoms with Crippen molar-refractivity contribution < 1.29 is 4.79 Å². The normalized spacial score (nSPS) is 29.8. The number of nitrogens with zero attached hydrogens (tertiary/aromatic N) is 1. The zero-order chi connectivity index (χ0) is 11.4. The third-order valence-electron chi connectivity index (χ3n) is 3.74. The molecule has 1 saturated heterocycles. The number of carbonyl (C=O) groups is 1. The molecule has 0 radical (unpaired) electrons. The van der Waals surface area contributed by atoms with Gasteiger partial charge in [0.25, 0.3) is 0 Å². The number of nitrogens with one attached hydrogen (secondary N) is 2. The van der Waals surface area contributed by atoms with Gasteiger partial charge in [0.15, 0.2) is 0 Å². The fraction of sp³-hybridized carbons (Fsp3) is 0.917. The zero-order valence-electron chi connectivity index (χ0n) is 10.2. The monoisotopic (exact) mass is 225 g/mol. The van der Waals surface area contributed by atoms with E-state index in [1.54, 1.807) is 0 Å². The van der Waals surface area contributed by atoms with Crippen molar-refractivity contribution >= 4 is 6.03 Å². The van der Waals surface area contributed by atoms with Crippen molar-refractivity contribution in [1.29, 1.82) is 0 Å². The number of amides is 2. The molecule has 2 amide bonds. The average Bonchev–Trinajstić information content (AvgIpc) is 2.83. The molecule has 2 N–H and O–H groups in total. The summed E-state index contributed by atoms with van der Waals surface area (Å²) in [5.74, 6) is 1.78. The Morgan fingerprint density at radius 2 is 2.38 bits per heavy atom. The van der Waals surface area contributed by atoms with Crippen molar-refractivity contribution in [2.45, 2.75) is 26.2 Å². The Bertz CT molecular complexity index is 244. The van der Waals surface area contributed by atoms with Gasteiger partial charge in [-0.2, -0.15) is 0 Å². The van der Waals surface area contributed by atoms with E-state index in [0.29, 0.717) is 0 Å². The summed E-state index contributed by atoms with van der Waals surface area (Å²) >= 11 is 0. The van der Waals surface area contributed by atoms with Crippen LogP contribution in [0.2, 0.25) is 0 Å². The maximum atomic E-state index is 11.3. The number of rotatable bonds is 5. The molecule has 1 heterocycles. The van der Waals surface area contributed by atoms with Crippen LogP contribution < -0.4 is 10.6 Å². The van der Waals surface area contributed by atoms with Crippen LogP contribution in [0.1, 0.15) is 26.2 Å². The van der Waals surface area contributed by atoms with Gasteiger partial charge in [-0.15, -0.1) is 0 Å². The maximum Gasteiger partial charge on any atom is 0.317 e. The lowest BCUT2D eigenvalue weighted by Gasteiger charge is -2.16. The number of hydrogen-bond donors (Lipinski definition) is 2. The average molecular weight is 225 g/mol. The predicted molar refractivity (Wildman–Crippen MR) is 64.3 cm³/mol. The number of carbonyl (C=O) groups excluding carboxylic acids is 1. The molecule has 2 fully saturated rings. The minimum Gasteiger partial charge on any atom is -0.336 e. The maximum absolute atomic E-state index is 11.3. The molecule has 1 aliphatic heterocycles. The van der Waals surface area contributed by atoms with Crippen LogP contribution >= 0.6 is 0 Å². The van der Waals surface area contributed by atoms with Gasteiger partial charge < -0.3 is 15.5 Å². The van der Waals surface area contributed by atoms with Crippen LogP contribution in [0.4, 0.5) is 4.79 Å². The molecule has 2 atom stereocenters. The molecule has 1 aliphatic carbocycles. The third kappa shape index (κ3) is 3.11. The van der Waals surface area contributed by atoms with E-state index >= 15 is 0 Å². The van der Waals surface area contributed by atoms with Crippen LogP contribution in [0.5, 0.6) is 0 Å². The van der Waals surface area contributed by atoms with Crippen molar-refractivity contribution in [3.05, 3.63) is 0 Å². The molecule has 0 spiro atoms. The zero-order valence-corrected chi connectivity index (χ0v) is 10.2.